The molecule has 0 aliphatic carbocycles. The van der Waals surface area contributed by atoms with Gasteiger partial charge < -0.3 is 19.9 Å². The molecule has 3 aromatic carbocycles. The van der Waals surface area contributed by atoms with Crippen LogP contribution in [0.1, 0.15) is 38.2 Å². The number of benzene rings is 3. The molecule has 0 saturated heterocycles. The van der Waals surface area contributed by atoms with Crippen LogP contribution in [-0.2, 0) is 10.3 Å². The van der Waals surface area contributed by atoms with Crippen molar-refractivity contribution >= 4 is 23.0 Å². The van der Waals surface area contributed by atoms with E-state index in [1.807, 2.05) is 57.4 Å². The average Bonchev–Trinajstić information content (AvgIpc) is 3.11. The Morgan fingerprint density at radius 2 is 1.53 bits per heavy atom. The quantitative estimate of drug-likeness (QED) is 0.377. The molecule has 1 unspecified atom stereocenters. The van der Waals surface area contributed by atoms with Crippen LogP contribution in [0.25, 0.3) is 0 Å². The molecule has 0 amide bonds. The highest BCUT2D eigenvalue weighted by Gasteiger charge is 2.49. The molecule has 3 aromatic rings. The van der Waals surface area contributed by atoms with Crippen molar-refractivity contribution in [3.8, 4) is 0 Å². The summed E-state index contributed by atoms with van der Waals surface area (Å²) in [6.07, 6.45) is 1.84. The van der Waals surface area contributed by atoms with Crippen LogP contribution in [0.5, 0.6) is 0 Å². The first-order valence-corrected chi connectivity index (χ1v) is 11.5. The Balaban J connectivity index is 2.02. The lowest BCUT2D eigenvalue weighted by atomic mass is 9.77. The summed E-state index contributed by atoms with van der Waals surface area (Å²) in [6.45, 7) is 8.66. The number of hydrogen-bond donors (Lipinski definition) is 1. The largest absolute Gasteiger partial charge is 0.441 e. The van der Waals surface area contributed by atoms with Crippen LogP contribution in [-0.4, -0.2) is 40.7 Å². The predicted octanol–water partition coefficient (Wildman–Crippen LogP) is 5.50. The van der Waals surface area contributed by atoms with Crippen LogP contribution in [0.2, 0.25) is 0 Å². The highest BCUT2D eigenvalue weighted by molar-refractivity contribution is 5.97. The summed E-state index contributed by atoms with van der Waals surface area (Å²) < 4.78 is 6.39. The van der Waals surface area contributed by atoms with E-state index < -0.39 is 5.60 Å². The molecule has 34 heavy (non-hydrogen) atoms. The number of esters is 1. The Hall–Kier alpha value is -3.73. The van der Waals surface area contributed by atoms with Gasteiger partial charge in [-0.3, -0.25) is 0 Å². The molecule has 0 spiro atoms. The van der Waals surface area contributed by atoms with E-state index in [0.29, 0.717) is 12.1 Å². The number of fused-ring (bicyclic) bond motifs is 1. The van der Waals surface area contributed by atoms with Gasteiger partial charge in [0.2, 0.25) is 0 Å². The zero-order valence-electron chi connectivity index (χ0n) is 20.9. The number of rotatable bonds is 7. The molecule has 0 bridgehead atoms. The molecular weight excluding hydrogens is 422 g/mol. The van der Waals surface area contributed by atoms with E-state index in [9.17, 15) is 4.79 Å². The predicted molar refractivity (Wildman–Crippen MR) is 141 cm³/mol. The summed E-state index contributed by atoms with van der Waals surface area (Å²) in [7, 11) is 7.97. The van der Waals surface area contributed by atoms with Crippen molar-refractivity contribution in [2.24, 2.45) is 0 Å². The summed E-state index contributed by atoms with van der Waals surface area (Å²) in [5.74, 6) is -0.309. The molecule has 1 N–H and O–H groups in total. The summed E-state index contributed by atoms with van der Waals surface area (Å²) in [4.78, 5) is 17.4. The fourth-order valence-electron chi connectivity index (χ4n) is 4.77. The van der Waals surface area contributed by atoms with E-state index in [-0.39, 0.29) is 5.97 Å². The van der Waals surface area contributed by atoms with Gasteiger partial charge in [-0.15, -0.1) is 6.58 Å². The number of anilines is 3. The van der Waals surface area contributed by atoms with Crippen molar-refractivity contribution in [3.63, 3.8) is 0 Å². The van der Waals surface area contributed by atoms with Gasteiger partial charge in [-0.2, -0.15) is 0 Å². The lowest BCUT2D eigenvalue weighted by Gasteiger charge is -2.33. The molecule has 4 rings (SSSR count). The van der Waals surface area contributed by atoms with Crippen molar-refractivity contribution in [1.29, 1.82) is 0 Å². The Labute approximate surface area is 202 Å². The number of ether oxygens (including phenoxy) is 1. The van der Waals surface area contributed by atoms with Crippen LogP contribution < -0.4 is 15.1 Å². The van der Waals surface area contributed by atoms with Crippen molar-refractivity contribution in [3.05, 3.63) is 101 Å². The number of nitrogens with one attached hydrogen (secondary N) is 1. The molecule has 0 aromatic heterocycles. The second-order valence-electron chi connectivity index (χ2n) is 9.24. The maximum atomic E-state index is 13.3. The Morgan fingerprint density at radius 1 is 0.912 bits per heavy atom. The van der Waals surface area contributed by atoms with Gasteiger partial charge in [0.25, 0.3) is 0 Å². The minimum atomic E-state index is -1.04. The molecule has 1 aliphatic rings. The fourth-order valence-corrected chi connectivity index (χ4v) is 4.77. The minimum absolute atomic E-state index is 0.309. The van der Waals surface area contributed by atoms with Crippen LogP contribution >= 0.6 is 0 Å². The van der Waals surface area contributed by atoms with Gasteiger partial charge in [0.05, 0.1) is 5.56 Å². The lowest BCUT2D eigenvalue weighted by Crippen LogP contribution is -2.31. The topological polar surface area (TPSA) is 44.8 Å². The van der Waals surface area contributed by atoms with Gasteiger partial charge >= 0.3 is 5.97 Å². The Kier molecular flexibility index (Phi) is 6.13. The summed E-state index contributed by atoms with van der Waals surface area (Å²) >= 11 is 0. The fraction of sp³-hybridized carbons (Fsp3) is 0.276. The molecule has 1 atom stereocenters. The first-order chi connectivity index (χ1) is 16.2. The van der Waals surface area contributed by atoms with E-state index in [0.717, 1.165) is 44.9 Å². The smallest absolute Gasteiger partial charge is 0.340 e. The van der Waals surface area contributed by atoms with Crippen molar-refractivity contribution in [2.75, 3.05) is 49.9 Å². The third-order valence-electron chi connectivity index (χ3n) is 6.63. The number of aryl methyl sites for hydroxylation is 1. The van der Waals surface area contributed by atoms with Crippen LogP contribution in [0.3, 0.4) is 0 Å². The summed E-state index contributed by atoms with van der Waals surface area (Å²) in [6, 6.07) is 18.4. The zero-order valence-corrected chi connectivity index (χ0v) is 20.9. The van der Waals surface area contributed by atoms with Crippen molar-refractivity contribution < 1.29 is 9.53 Å². The molecule has 176 valence electrons. The third-order valence-corrected chi connectivity index (χ3v) is 6.63. The number of cyclic esters (lactones) is 1. The lowest BCUT2D eigenvalue weighted by molar-refractivity contribution is 0.0250. The first-order valence-electron chi connectivity index (χ1n) is 11.5. The second kappa shape index (κ2) is 8.90. The molecule has 5 nitrogen and oxygen atoms in total. The van der Waals surface area contributed by atoms with Crippen LogP contribution in [0.15, 0.2) is 67.3 Å². The standard InChI is InChI=1S/C29H33N3O2/c1-8-17-30-27-19(2)9-15-25(20(27)3)29(21-10-12-22(13-11-21)31(4)5)26-16-14-23(32(6)7)18-24(26)28(33)34-29/h8-16,18,30H,1,17H2,2-7H3. The Bertz CT molecular complexity index is 1240. The number of nitrogens with zero attached hydrogens (tertiary/aromatic N) is 2. The third kappa shape index (κ3) is 3.71. The highest BCUT2D eigenvalue weighted by atomic mass is 16.6. The maximum Gasteiger partial charge on any atom is 0.340 e. The van der Waals surface area contributed by atoms with E-state index in [4.69, 9.17) is 4.74 Å². The molecule has 1 aliphatic heterocycles. The normalized spacial score (nSPS) is 16.6. The first kappa shape index (κ1) is 23.4. The van der Waals surface area contributed by atoms with E-state index >= 15 is 0 Å². The average molecular weight is 456 g/mol. The van der Waals surface area contributed by atoms with Gasteiger partial charge in [-0.1, -0.05) is 36.4 Å². The molecule has 0 radical (unpaired) electrons. The van der Waals surface area contributed by atoms with Crippen molar-refractivity contribution in [2.45, 2.75) is 19.4 Å². The molecule has 1 heterocycles. The van der Waals surface area contributed by atoms with Gasteiger partial charge in [0.1, 0.15) is 0 Å². The SMILES string of the molecule is C=CCNc1c(C)ccc(C2(c3ccc(N(C)C)cc3)OC(=O)c3cc(N(C)C)ccc32)c1C. The van der Waals surface area contributed by atoms with Gasteiger partial charge in [0.15, 0.2) is 5.60 Å². The molecule has 0 fully saturated rings. The van der Waals surface area contributed by atoms with E-state index in [1.165, 1.54) is 0 Å². The number of carbonyl (C=O) groups excluding carboxylic acids is 1. The molecule has 0 saturated carbocycles. The monoisotopic (exact) mass is 455 g/mol. The number of carbonyl (C=O) groups is 1. The summed E-state index contributed by atoms with van der Waals surface area (Å²) in [5, 5.41) is 3.47. The minimum Gasteiger partial charge on any atom is -0.441 e. The zero-order chi connectivity index (χ0) is 24.6. The Morgan fingerprint density at radius 3 is 2.15 bits per heavy atom. The van der Waals surface area contributed by atoms with Crippen LogP contribution in [0.4, 0.5) is 17.1 Å². The van der Waals surface area contributed by atoms with Gasteiger partial charge in [-0.05, 0) is 49.2 Å². The maximum absolute atomic E-state index is 13.3. The second-order valence-corrected chi connectivity index (χ2v) is 9.24. The van der Waals surface area contributed by atoms with Gasteiger partial charge in [0, 0.05) is 68.5 Å². The van der Waals surface area contributed by atoms with Gasteiger partial charge in [-0.25, -0.2) is 4.79 Å². The molecule has 5 heteroatoms. The van der Waals surface area contributed by atoms with Crippen LogP contribution in [0, 0.1) is 13.8 Å². The number of hydrogen-bond acceptors (Lipinski definition) is 5. The highest BCUT2D eigenvalue weighted by Crippen LogP contribution is 2.50. The van der Waals surface area contributed by atoms with Crippen molar-refractivity contribution in [1.82, 2.24) is 0 Å². The molecular formula is C29H33N3O2. The summed E-state index contributed by atoms with van der Waals surface area (Å²) in [5.41, 5.74) is 7.57. The van der Waals surface area contributed by atoms with E-state index in [1.54, 1.807) is 0 Å². The van der Waals surface area contributed by atoms with E-state index in [2.05, 4.69) is 67.0 Å².